The van der Waals surface area contributed by atoms with Crippen LogP contribution in [0, 0.1) is 0 Å². The summed E-state index contributed by atoms with van der Waals surface area (Å²) in [4.78, 5) is 0. The number of rotatable bonds is 11. The highest BCUT2D eigenvalue weighted by Crippen LogP contribution is 2.20. The normalized spacial score (nSPS) is 15.6. The van der Waals surface area contributed by atoms with E-state index >= 15 is 0 Å². The predicted molar refractivity (Wildman–Crippen MR) is 101 cm³/mol. The van der Waals surface area contributed by atoms with Gasteiger partial charge in [0.25, 0.3) is 0 Å². The molecule has 0 saturated heterocycles. The van der Waals surface area contributed by atoms with Crippen LogP contribution in [0.4, 0.5) is 0 Å². The summed E-state index contributed by atoms with van der Waals surface area (Å²) in [6.07, 6.45) is 9.65. The standard InChI is InChI=1S/C17H40O2Si2/c1-8-9-10-11-12-13-14-15(20-18-16(2,3)4)21-19-17(5,6)7/h15H,8-14,20-21H2,1-7H3. The van der Waals surface area contributed by atoms with Crippen LogP contribution in [-0.4, -0.2) is 30.7 Å². The topological polar surface area (TPSA) is 18.5 Å². The summed E-state index contributed by atoms with van der Waals surface area (Å²) in [5.74, 6) is 0. The van der Waals surface area contributed by atoms with E-state index in [2.05, 4.69) is 48.5 Å². The van der Waals surface area contributed by atoms with Crippen molar-refractivity contribution in [2.45, 2.75) is 110 Å². The number of unbranched alkanes of at least 4 members (excludes halogenated alkanes) is 5. The highest BCUT2D eigenvalue weighted by atomic mass is 28.3. The molecule has 0 bridgehead atoms. The van der Waals surface area contributed by atoms with Gasteiger partial charge >= 0.3 is 0 Å². The second kappa shape index (κ2) is 11.0. The molecule has 0 spiro atoms. The van der Waals surface area contributed by atoms with Crippen molar-refractivity contribution in [3.8, 4) is 0 Å². The van der Waals surface area contributed by atoms with E-state index in [1.165, 1.54) is 44.9 Å². The smallest absolute Gasteiger partial charge is 0.164 e. The Morgan fingerprint density at radius 2 is 1.14 bits per heavy atom. The van der Waals surface area contributed by atoms with Crippen molar-refractivity contribution in [1.29, 1.82) is 0 Å². The Morgan fingerprint density at radius 3 is 1.57 bits per heavy atom. The van der Waals surface area contributed by atoms with Crippen LogP contribution < -0.4 is 0 Å². The Hall–Kier alpha value is 0.354. The molecule has 0 unspecified atom stereocenters. The maximum Gasteiger partial charge on any atom is 0.164 e. The molecule has 0 radical (unpaired) electrons. The lowest BCUT2D eigenvalue weighted by atomic mass is 10.1. The Bertz CT molecular complexity index is 226. The van der Waals surface area contributed by atoms with Gasteiger partial charge in [0.1, 0.15) is 0 Å². The largest absolute Gasteiger partial charge is 0.419 e. The molecule has 0 N–H and O–H groups in total. The highest BCUT2D eigenvalue weighted by molar-refractivity contribution is 6.52. The fourth-order valence-corrected chi connectivity index (χ4v) is 5.64. The molecule has 4 heteroatoms. The van der Waals surface area contributed by atoms with Crippen molar-refractivity contribution in [2.75, 3.05) is 0 Å². The first-order valence-corrected chi connectivity index (χ1v) is 11.7. The molecule has 0 fully saturated rings. The first kappa shape index (κ1) is 21.4. The first-order chi connectivity index (χ1) is 9.64. The molecular weight excluding hydrogens is 292 g/mol. The summed E-state index contributed by atoms with van der Waals surface area (Å²) in [5.41, 5.74) is 0.0590. The lowest BCUT2D eigenvalue weighted by Gasteiger charge is -2.27. The van der Waals surface area contributed by atoms with Crippen LogP contribution in [0.3, 0.4) is 0 Å². The third-order valence-corrected chi connectivity index (χ3v) is 8.71. The Balaban J connectivity index is 4.00. The van der Waals surface area contributed by atoms with Gasteiger partial charge in [-0.15, -0.1) is 0 Å². The fraction of sp³-hybridized carbons (Fsp3) is 1.00. The van der Waals surface area contributed by atoms with Gasteiger partial charge in [0.05, 0.1) is 0 Å². The molecule has 0 aromatic carbocycles. The van der Waals surface area contributed by atoms with Gasteiger partial charge in [-0.1, -0.05) is 51.9 Å². The van der Waals surface area contributed by atoms with E-state index in [9.17, 15) is 0 Å². The lowest BCUT2D eigenvalue weighted by Crippen LogP contribution is -2.30. The molecule has 0 aromatic heterocycles. The quantitative estimate of drug-likeness (QED) is 0.415. The minimum atomic E-state index is -0.455. The van der Waals surface area contributed by atoms with Crippen LogP contribution in [0.15, 0.2) is 0 Å². The zero-order valence-electron chi connectivity index (χ0n) is 15.8. The maximum atomic E-state index is 6.15. The molecule has 0 aliphatic rings. The van der Waals surface area contributed by atoms with E-state index < -0.39 is 19.5 Å². The minimum absolute atomic E-state index is 0.0295. The molecule has 0 rings (SSSR count). The van der Waals surface area contributed by atoms with Gasteiger partial charge in [0, 0.05) is 11.2 Å². The minimum Gasteiger partial charge on any atom is -0.419 e. The van der Waals surface area contributed by atoms with Crippen LogP contribution in [0.25, 0.3) is 0 Å². The Labute approximate surface area is 138 Å². The molecule has 0 heterocycles. The van der Waals surface area contributed by atoms with Crippen LogP contribution in [0.1, 0.15) is 93.4 Å². The zero-order valence-corrected chi connectivity index (χ0v) is 18.6. The SMILES string of the molecule is CCCCCCCCC([SiH2]OC(C)(C)C)[SiH2]OC(C)(C)C. The van der Waals surface area contributed by atoms with Crippen molar-refractivity contribution < 1.29 is 8.85 Å². The zero-order chi connectivity index (χ0) is 16.4. The monoisotopic (exact) mass is 332 g/mol. The van der Waals surface area contributed by atoms with Gasteiger partial charge in [-0.25, -0.2) is 0 Å². The maximum absolute atomic E-state index is 6.15. The fourth-order valence-electron chi connectivity index (χ4n) is 2.16. The van der Waals surface area contributed by atoms with Crippen LogP contribution in [0.5, 0.6) is 0 Å². The third-order valence-electron chi connectivity index (χ3n) is 3.47. The molecular formula is C17H40O2Si2. The first-order valence-electron chi connectivity index (χ1n) is 8.92. The van der Waals surface area contributed by atoms with E-state index in [0.29, 0.717) is 0 Å². The number of hydrogen-bond acceptors (Lipinski definition) is 2. The van der Waals surface area contributed by atoms with Crippen molar-refractivity contribution in [3.05, 3.63) is 0 Å². The third kappa shape index (κ3) is 16.6. The van der Waals surface area contributed by atoms with E-state index in [-0.39, 0.29) is 11.2 Å². The van der Waals surface area contributed by atoms with Gasteiger partial charge in [0.2, 0.25) is 0 Å². The molecule has 128 valence electrons. The average Bonchev–Trinajstić information content (AvgIpc) is 2.33. The summed E-state index contributed by atoms with van der Waals surface area (Å²) in [7, 11) is -0.910. The second-order valence-corrected chi connectivity index (χ2v) is 13.0. The van der Waals surface area contributed by atoms with Gasteiger partial charge in [-0.05, 0) is 46.7 Å². The predicted octanol–water partition coefficient (Wildman–Crippen LogP) is 4.28. The summed E-state index contributed by atoms with van der Waals surface area (Å²) in [6.45, 7) is 15.3. The van der Waals surface area contributed by atoms with Gasteiger partial charge in [-0.3, -0.25) is 0 Å². The molecule has 2 nitrogen and oxygen atoms in total. The van der Waals surface area contributed by atoms with Gasteiger partial charge in [0.15, 0.2) is 19.5 Å². The van der Waals surface area contributed by atoms with Crippen molar-refractivity contribution >= 4 is 19.5 Å². The van der Waals surface area contributed by atoms with E-state index in [1.807, 2.05) is 0 Å². The van der Waals surface area contributed by atoms with Crippen LogP contribution in [-0.2, 0) is 8.85 Å². The van der Waals surface area contributed by atoms with Gasteiger partial charge < -0.3 is 8.85 Å². The van der Waals surface area contributed by atoms with Crippen molar-refractivity contribution in [1.82, 2.24) is 0 Å². The highest BCUT2D eigenvalue weighted by Gasteiger charge is 2.19. The second-order valence-electron chi connectivity index (χ2n) is 8.27. The molecule has 0 atom stereocenters. The van der Waals surface area contributed by atoms with Crippen LogP contribution >= 0.6 is 0 Å². The van der Waals surface area contributed by atoms with E-state index in [0.717, 1.165) is 5.16 Å². The lowest BCUT2D eigenvalue weighted by molar-refractivity contribution is 0.127. The van der Waals surface area contributed by atoms with Crippen molar-refractivity contribution in [3.63, 3.8) is 0 Å². The summed E-state index contributed by atoms with van der Waals surface area (Å²) < 4.78 is 12.3. The van der Waals surface area contributed by atoms with E-state index in [1.54, 1.807) is 0 Å². The summed E-state index contributed by atoms with van der Waals surface area (Å²) in [5, 5.41) is 0.801. The molecule has 0 aliphatic heterocycles. The Kier molecular flexibility index (Phi) is 11.2. The van der Waals surface area contributed by atoms with Gasteiger partial charge in [-0.2, -0.15) is 0 Å². The molecule has 0 aliphatic carbocycles. The summed E-state index contributed by atoms with van der Waals surface area (Å²) >= 11 is 0. The number of hydrogen-bond donors (Lipinski definition) is 0. The molecule has 21 heavy (non-hydrogen) atoms. The molecule has 0 amide bonds. The molecule has 0 aromatic rings. The van der Waals surface area contributed by atoms with Crippen LogP contribution in [0.2, 0.25) is 5.16 Å². The molecule has 0 saturated carbocycles. The average molecular weight is 333 g/mol. The van der Waals surface area contributed by atoms with E-state index in [4.69, 9.17) is 8.85 Å². The summed E-state index contributed by atoms with van der Waals surface area (Å²) in [6, 6.07) is 0. The Morgan fingerprint density at radius 1 is 0.714 bits per heavy atom. The van der Waals surface area contributed by atoms with Crippen molar-refractivity contribution in [2.24, 2.45) is 0 Å².